The number of halogens is 1. The molecular weight excluding hydrogens is 575 g/mol. The molecule has 1 fully saturated rings. The van der Waals surface area contributed by atoms with Gasteiger partial charge in [-0.2, -0.15) is 0 Å². The Kier molecular flexibility index (Phi) is 7.75. The van der Waals surface area contributed by atoms with E-state index in [9.17, 15) is 9.18 Å². The van der Waals surface area contributed by atoms with Crippen LogP contribution >= 0.6 is 11.3 Å². The van der Waals surface area contributed by atoms with Gasteiger partial charge in [0, 0.05) is 95.3 Å². The molecule has 2 amide bonds. The predicted octanol–water partition coefficient (Wildman–Crippen LogP) is 4.91. The summed E-state index contributed by atoms with van der Waals surface area (Å²) in [5, 5.41) is 2.41. The number of nitrogens with zero attached hydrogens (tertiary/aromatic N) is 6. The van der Waals surface area contributed by atoms with Crippen molar-refractivity contribution in [1.29, 1.82) is 0 Å². The van der Waals surface area contributed by atoms with E-state index < -0.39 is 11.8 Å². The van der Waals surface area contributed by atoms with Crippen molar-refractivity contribution in [1.82, 2.24) is 29.6 Å². The van der Waals surface area contributed by atoms with Crippen LogP contribution in [0.4, 0.5) is 14.9 Å². The number of carbonyl (C=O) groups is 1. The number of urea groups is 1. The smallest absolute Gasteiger partial charge is 0.316 e. The fourth-order valence-electron chi connectivity index (χ4n) is 5.88. The Hall–Kier alpha value is -4.32. The van der Waals surface area contributed by atoms with Crippen LogP contribution in [0.15, 0.2) is 67.3 Å². The number of carbonyl (C=O) groups excluding carboxylic acids is 1. The van der Waals surface area contributed by atoms with E-state index in [1.54, 1.807) is 29.7 Å². The quantitative estimate of drug-likeness (QED) is 0.279. The normalized spacial score (nSPS) is 17.2. The number of anilines is 1. The van der Waals surface area contributed by atoms with E-state index in [4.69, 9.17) is 10.7 Å². The molecule has 0 saturated carbocycles. The first kappa shape index (κ1) is 28.5. The Labute approximate surface area is 260 Å². The molecular formula is C33H34FN8OS. The van der Waals surface area contributed by atoms with Crippen LogP contribution in [0.5, 0.6) is 0 Å². The number of allylic oxidation sites excluding steroid dienone is 2. The van der Waals surface area contributed by atoms with Crippen molar-refractivity contribution in [3.63, 3.8) is 0 Å². The van der Waals surface area contributed by atoms with Gasteiger partial charge < -0.3 is 20.9 Å². The topological polar surface area (TPSA) is 93.9 Å². The van der Waals surface area contributed by atoms with Crippen molar-refractivity contribution in [3.8, 4) is 10.6 Å². The summed E-state index contributed by atoms with van der Waals surface area (Å²) in [6.45, 7) is 8.38. The second-order valence-electron chi connectivity index (χ2n) is 11.5. The second-order valence-corrected chi connectivity index (χ2v) is 12.6. The third kappa shape index (κ3) is 6.17. The van der Waals surface area contributed by atoms with Gasteiger partial charge in [0.15, 0.2) is 0 Å². The minimum Gasteiger partial charge on any atom is -0.362 e. The number of nitrogens with one attached hydrogen (secondary N) is 1. The number of pyridine rings is 2. The Balaban J connectivity index is 0.990. The SMILES string of the molecule is CN1C=CN(CCN2CCN(Cc3ccc(-c4cc5nccc(C6=C(c7ccc(NC(N)=O)cc7F)[CH]6)c5s4)nc3)CC2)C1. The zero-order valence-corrected chi connectivity index (χ0v) is 25.4. The van der Waals surface area contributed by atoms with E-state index in [0.717, 1.165) is 90.0 Å². The van der Waals surface area contributed by atoms with Gasteiger partial charge in [-0.25, -0.2) is 9.18 Å². The fraction of sp³-hybridized carbons (Fsp3) is 0.273. The molecule has 1 radical (unpaired) electrons. The first-order valence-electron chi connectivity index (χ1n) is 14.8. The van der Waals surface area contributed by atoms with Crippen molar-refractivity contribution in [2.45, 2.75) is 6.54 Å². The molecule has 1 aromatic carbocycles. The number of nitrogens with two attached hydrogens (primary N) is 1. The summed E-state index contributed by atoms with van der Waals surface area (Å²) >= 11 is 1.65. The number of rotatable bonds is 9. The lowest BCUT2D eigenvalue weighted by Crippen LogP contribution is -2.47. The molecule has 0 bridgehead atoms. The molecule has 44 heavy (non-hydrogen) atoms. The van der Waals surface area contributed by atoms with Gasteiger partial charge in [-0.3, -0.25) is 19.8 Å². The number of piperazine rings is 1. The van der Waals surface area contributed by atoms with E-state index in [1.807, 2.05) is 18.7 Å². The predicted molar refractivity (Wildman–Crippen MR) is 174 cm³/mol. The highest BCUT2D eigenvalue weighted by Gasteiger charge is 2.29. The highest BCUT2D eigenvalue weighted by atomic mass is 32.1. The largest absolute Gasteiger partial charge is 0.362 e. The zero-order valence-electron chi connectivity index (χ0n) is 24.5. The molecule has 0 spiro atoms. The maximum absolute atomic E-state index is 14.8. The number of benzene rings is 1. The van der Waals surface area contributed by atoms with Crippen LogP contribution in [0.1, 0.15) is 16.7 Å². The summed E-state index contributed by atoms with van der Waals surface area (Å²) < 4.78 is 15.9. The molecule has 225 valence electrons. The molecule has 0 atom stereocenters. The van der Waals surface area contributed by atoms with E-state index in [1.165, 1.54) is 11.6 Å². The van der Waals surface area contributed by atoms with Gasteiger partial charge in [-0.1, -0.05) is 6.07 Å². The number of fused-ring (bicyclic) bond motifs is 1. The first-order chi connectivity index (χ1) is 21.4. The fourth-order valence-corrected chi connectivity index (χ4v) is 7.00. The minimum atomic E-state index is -0.726. The molecule has 9 nitrogen and oxygen atoms in total. The van der Waals surface area contributed by atoms with Crippen LogP contribution in [0.3, 0.4) is 0 Å². The lowest BCUT2D eigenvalue weighted by molar-refractivity contribution is 0.118. The number of aromatic nitrogens is 2. The zero-order chi connectivity index (χ0) is 30.2. The van der Waals surface area contributed by atoms with Crippen LogP contribution < -0.4 is 11.1 Å². The summed E-state index contributed by atoms with van der Waals surface area (Å²) in [6.07, 6.45) is 10.1. The molecule has 5 heterocycles. The van der Waals surface area contributed by atoms with E-state index in [2.05, 4.69) is 67.5 Å². The summed E-state index contributed by atoms with van der Waals surface area (Å²) in [7, 11) is 2.11. The summed E-state index contributed by atoms with van der Waals surface area (Å²) in [5.74, 6) is -0.413. The summed E-state index contributed by atoms with van der Waals surface area (Å²) in [6, 6.07) is 12.2. The average Bonchev–Trinajstić information content (AvgIpc) is 3.47. The number of amides is 2. The monoisotopic (exact) mass is 609 g/mol. The van der Waals surface area contributed by atoms with Crippen molar-refractivity contribution in [2.75, 3.05) is 58.3 Å². The second kappa shape index (κ2) is 12.0. The van der Waals surface area contributed by atoms with Gasteiger partial charge in [-0.05, 0) is 58.7 Å². The van der Waals surface area contributed by atoms with Crippen molar-refractivity contribution in [2.24, 2.45) is 5.73 Å². The molecule has 7 rings (SSSR count). The number of primary amides is 1. The van der Waals surface area contributed by atoms with E-state index in [0.29, 0.717) is 11.3 Å². The van der Waals surface area contributed by atoms with Crippen LogP contribution in [0.2, 0.25) is 0 Å². The summed E-state index contributed by atoms with van der Waals surface area (Å²) in [4.78, 5) is 31.2. The molecule has 2 aliphatic heterocycles. The standard InChI is InChI=1S/C33H34FN8OS/c1-39-8-9-42(21-39)15-12-40-10-13-41(14-11-40)20-22-2-5-29(37-19-22)31-18-30-32(44-31)25(6-7-36-30)27-17-26(27)24-4-3-23(16-28(24)34)38-33(35)43/h2-9,16-19H,10-15,20-21H2,1H3,(H3,35,38,43). The van der Waals surface area contributed by atoms with Crippen LogP contribution in [0, 0.1) is 12.2 Å². The van der Waals surface area contributed by atoms with Crippen LogP contribution in [-0.4, -0.2) is 88.6 Å². The van der Waals surface area contributed by atoms with Crippen LogP contribution in [0.25, 0.3) is 31.9 Å². The maximum atomic E-state index is 14.8. The molecule has 3 aromatic heterocycles. The molecule has 1 aliphatic carbocycles. The summed E-state index contributed by atoms with van der Waals surface area (Å²) in [5.41, 5.74) is 11.9. The Bertz CT molecular complexity index is 1760. The Morgan fingerprint density at radius 2 is 1.80 bits per heavy atom. The van der Waals surface area contributed by atoms with Gasteiger partial charge in [-0.15, -0.1) is 11.3 Å². The number of hydrogen-bond acceptors (Lipinski definition) is 8. The molecule has 3 aliphatic rings. The van der Waals surface area contributed by atoms with Crippen molar-refractivity contribution < 1.29 is 9.18 Å². The molecule has 11 heteroatoms. The van der Waals surface area contributed by atoms with Gasteiger partial charge >= 0.3 is 6.03 Å². The molecule has 1 saturated heterocycles. The third-order valence-corrected chi connectivity index (χ3v) is 9.49. The molecule has 4 aromatic rings. The first-order valence-corrected chi connectivity index (χ1v) is 15.6. The Morgan fingerprint density at radius 1 is 0.977 bits per heavy atom. The van der Waals surface area contributed by atoms with Crippen molar-refractivity contribution >= 4 is 44.4 Å². The third-order valence-electron chi connectivity index (χ3n) is 8.31. The van der Waals surface area contributed by atoms with Crippen molar-refractivity contribution in [3.05, 3.63) is 96.2 Å². The van der Waals surface area contributed by atoms with Crippen LogP contribution in [-0.2, 0) is 6.54 Å². The highest BCUT2D eigenvalue weighted by Crippen LogP contribution is 2.50. The molecule has 3 N–H and O–H groups in total. The van der Waals surface area contributed by atoms with Gasteiger partial charge in [0.25, 0.3) is 0 Å². The molecule has 0 unspecified atom stereocenters. The van der Waals surface area contributed by atoms with Gasteiger partial charge in [0.2, 0.25) is 0 Å². The highest BCUT2D eigenvalue weighted by molar-refractivity contribution is 7.22. The average molecular weight is 610 g/mol. The van der Waals surface area contributed by atoms with E-state index in [-0.39, 0.29) is 0 Å². The minimum absolute atomic E-state index is 0.326. The Morgan fingerprint density at radius 3 is 2.52 bits per heavy atom. The number of thiophene rings is 1. The van der Waals surface area contributed by atoms with E-state index >= 15 is 0 Å². The lowest BCUT2D eigenvalue weighted by atomic mass is 10.1. The van der Waals surface area contributed by atoms with Gasteiger partial charge in [0.05, 0.1) is 27.5 Å². The lowest BCUT2D eigenvalue weighted by Gasteiger charge is -2.35. The number of hydrogen-bond donors (Lipinski definition) is 2. The maximum Gasteiger partial charge on any atom is 0.316 e. The van der Waals surface area contributed by atoms with Gasteiger partial charge in [0.1, 0.15) is 5.82 Å².